The molecule has 0 bridgehead atoms. The number of nitrogens with zero attached hydrogens (tertiary/aromatic N) is 1. The second-order valence-corrected chi connectivity index (χ2v) is 7.71. The van der Waals surface area contributed by atoms with E-state index in [1.54, 1.807) is 32.4 Å². The minimum atomic E-state index is -0.551. The van der Waals surface area contributed by atoms with E-state index >= 15 is 0 Å². The summed E-state index contributed by atoms with van der Waals surface area (Å²) in [6.45, 7) is 2.23. The Morgan fingerprint density at radius 2 is 1.73 bits per heavy atom. The van der Waals surface area contributed by atoms with Crippen LogP contribution in [0.3, 0.4) is 0 Å². The largest absolute Gasteiger partial charge is 0.497 e. The molecular weight excluding hydrogens is 390 g/mol. The molecule has 1 amide bonds. The van der Waals surface area contributed by atoms with Crippen molar-refractivity contribution >= 4 is 11.6 Å². The van der Waals surface area contributed by atoms with Gasteiger partial charge in [0.15, 0.2) is 0 Å². The first-order valence-electron chi connectivity index (χ1n) is 10.2. The number of hydrogen-bond donors (Lipinski definition) is 1. The van der Waals surface area contributed by atoms with E-state index in [2.05, 4.69) is 10.2 Å². The minimum absolute atomic E-state index is 0.0605. The predicted molar refractivity (Wildman–Crippen MR) is 112 cm³/mol. The number of nitrogens with one attached hydrogen (secondary N) is 1. The highest BCUT2D eigenvalue weighted by Crippen LogP contribution is 2.27. The van der Waals surface area contributed by atoms with E-state index in [1.165, 1.54) is 12.1 Å². The molecule has 7 heteroatoms. The monoisotopic (exact) mass is 418 g/mol. The van der Waals surface area contributed by atoms with Gasteiger partial charge < -0.3 is 14.8 Å². The van der Waals surface area contributed by atoms with Crippen LogP contribution in [0, 0.1) is 17.6 Å². The topological polar surface area (TPSA) is 50.8 Å². The van der Waals surface area contributed by atoms with Crippen LogP contribution < -0.4 is 14.8 Å². The Morgan fingerprint density at radius 3 is 2.37 bits per heavy atom. The number of benzene rings is 2. The van der Waals surface area contributed by atoms with Crippen LogP contribution in [0.15, 0.2) is 36.4 Å². The quantitative estimate of drug-likeness (QED) is 0.680. The van der Waals surface area contributed by atoms with Crippen LogP contribution in [-0.4, -0.2) is 38.1 Å². The van der Waals surface area contributed by atoms with Gasteiger partial charge in [-0.2, -0.15) is 0 Å². The van der Waals surface area contributed by atoms with Crippen molar-refractivity contribution in [1.82, 2.24) is 4.90 Å². The second kappa shape index (κ2) is 10.4. The van der Waals surface area contributed by atoms with Gasteiger partial charge in [-0.25, -0.2) is 8.78 Å². The molecule has 30 heavy (non-hydrogen) atoms. The van der Waals surface area contributed by atoms with Crippen molar-refractivity contribution in [1.29, 1.82) is 0 Å². The number of amides is 1. The number of likely N-dealkylation sites (tertiary alicyclic amines) is 1. The molecule has 0 spiro atoms. The molecule has 0 aromatic heterocycles. The Balaban J connectivity index is 1.50. The lowest BCUT2D eigenvalue weighted by Gasteiger charge is -2.32. The van der Waals surface area contributed by atoms with Crippen molar-refractivity contribution in [2.45, 2.75) is 32.2 Å². The third-order valence-electron chi connectivity index (χ3n) is 5.35. The minimum Gasteiger partial charge on any atom is -0.497 e. The number of rotatable bonds is 8. The molecule has 0 radical (unpaired) electrons. The van der Waals surface area contributed by atoms with Crippen molar-refractivity contribution in [3.8, 4) is 11.5 Å². The second-order valence-electron chi connectivity index (χ2n) is 7.71. The lowest BCUT2D eigenvalue weighted by Crippen LogP contribution is -2.35. The smallest absolute Gasteiger partial charge is 0.224 e. The molecule has 1 fully saturated rings. The van der Waals surface area contributed by atoms with Crippen molar-refractivity contribution in [3.63, 3.8) is 0 Å². The van der Waals surface area contributed by atoms with Crippen molar-refractivity contribution in [2.24, 2.45) is 5.92 Å². The molecule has 1 atom stereocenters. The molecule has 1 saturated heterocycles. The fourth-order valence-corrected chi connectivity index (χ4v) is 3.93. The Morgan fingerprint density at radius 1 is 1.07 bits per heavy atom. The molecule has 1 aliphatic rings. The first kappa shape index (κ1) is 22.0. The maximum absolute atomic E-state index is 13.4. The lowest BCUT2D eigenvalue weighted by molar-refractivity contribution is -0.116. The Labute approximate surface area is 176 Å². The molecule has 1 aliphatic heterocycles. The summed E-state index contributed by atoms with van der Waals surface area (Å²) < 4.78 is 37.3. The zero-order chi connectivity index (χ0) is 21.5. The van der Waals surface area contributed by atoms with Gasteiger partial charge in [0.05, 0.1) is 14.2 Å². The number of carbonyl (C=O) groups is 1. The summed E-state index contributed by atoms with van der Waals surface area (Å²) in [7, 11) is 3.13. The average molecular weight is 418 g/mol. The van der Waals surface area contributed by atoms with Gasteiger partial charge in [0.25, 0.3) is 0 Å². The van der Waals surface area contributed by atoms with Gasteiger partial charge in [-0.1, -0.05) is 0 Å². The summed E-state index contributed by atoms with van der Waals surface area (Å²) in [6, 6.07) is 8.89. The van der Waals surface area contributed by atoms with Gasteiger partial charge in [0.1, 0.15) is 23.1 Å². The number of carbonyl (C=O) groups excluding carboxylic acids is 1. The number of anilines is 1. The number of hydrogen-bond acceptors (Lipinski definition) is 4. The number of halogens is 2. The molecule has 0 saturated carbocycles. The summed E-state index contributed by atoms with van der Waals surface area (Å²) >= 11 is 0. The van der Waals surface area contributed by atoms with Crippen LogP contribution >= 0.6 is 0 Å². The van der Waals surface area contributed by atoms with Gasteiger partial charge in [0.2, 0.25) is 5.91 Å². The van der Waals surface area contributed by atoms with Crippen LogP contribution in [0.2, 0.25) is 0 Å². The van der Waals surface area contributed by atoms with E-state index in [9.17, 15) is 13.6 Å². The van der Waals surface area contributed by atoms with Gasteiger partial charge in [0, 0.05) is 49.5 Å². The number of ether oxygens (including phenoxy) is 2. The van der Waals surface area contributed by atoms with Crippen molar-refractivity contribution < 1.29 is 23.0 Å². The molecule has 1 heterocycles. The Bertz CT molecular complexity index is 833. The zero-order valence-corrected chi connectivity index (χ0v) is 17.4. The molecule has 1 N–H and O–H groups in total. The molecule has 3 rings (SSSR count). The summed E-state index contributed by atoms with van der Waals surface area (Å²) in [5.74, 6) is 0.439. The van der Waals surface area contributed by atoms with Crippen LogP contribution in [0.5, 0.6) is 11.5 Å². The van der Waals surface area contributed by atoms with Crippen LogP contribution in [0.25, 0.3) is 0 Å². The van der Waals surface area contributed by atoms with Gasteiger partial charge >= 0.3 is 0 Å². The standard InChI is InChI=1S/C23H28F2N2O3/c1-29-21-11-20(12-22(13-21)30-2)26-23(28)6-5-16-4-3-7-27(14-16)15-17-8-18(24)10-19(25)9-17/h8-13,16H,3-7,14-15H2,1-2H3,(H,26,28). The zero-order valence-electron chi connectivity index (χ0n) is 17.4. The summed E-state index contributed by atoms with van der Waals surface area (Å²) in [5.41, 5.74) is 1.27. The lowest BCUT2D eigenvalue weighted by atomic mass is 9.93. The van der Waals surface area contributed by atoms with Crippen molar-refractivity contribution in [3.05, 3.63) is 53.6 Å². The van der Waals surface area contributed by atoms with E-state index in [0.29, 0.717) is 41.6 Å². The molecule has 1 unspecified atom stereocenters. The molecule has 2 aromatic rings. The Hall–Kier alpha value is -2.67. The van der Waals surface area contributed by atoms with Crippen molar-refractivity contribution in [2.75, 3.05) is 32.6 Å². The van der Waals surface area contributed by atoms with E-state index in [0.717, 1.165) is 38.4 Å². The van der Waals surface area contributed by atoms with E-state index in [4.69, 9.17) is 9.47 Å². The van der Waals surface area contributed by atoms with Gasteiger partial charge in [-0.3, -0.25) is 9.69 Å². The van der Waals surface area contributed by atoms with Crippen LogP contribution in [-0.2, 0) is 11.3 Å². The molecule has 162 valence electrons. The van der Waals surface area contributed by atoms with E-state index in [-0.39, 0.29) is 5.91 Å². The highest BCUT2D eigenvalue weighted by molar-refractivity contribution is 5.91. The predicted octanol–water partition coefficient (Wildman–Crippen LogP) is 4.61. The summed E-state index contributed by atoms with van der Waals surface area (Å²) in [6.07, 6.45) is 3.24. The van der Waals surface area contributed by atoms with Crippen LogP contribution in [0.1, 0.15) is 31.2 Å². The van der Waals surface area contributed by atoms with Crippen LogP contribution in [0.4, 0.5) is 14.5 Å². The first-order valence-corrected chi connectivity index (χ1v) is 10.2. The summed E-state index contributed by atoms with van der Waals surface area (Å²) in [5, 5.41) is 2.90. The first-order chi connectivity index (χ1) is 14.4. The van der Waals surface area contributed by atoms with Gasteiger partial charge in [-0.05, 0) is 49.4 Å². The fourth-order valence-electron chi connectivity index (χ4n) is 3.93. The number of piperidine rings is 1. The normalized spacial score (nSPS) is 16.9. The SMILES string of the molecule is COc1cc(NC(=O)CCC2CCCN(Cc3cc(F)cc(F)c3)C2)cc(OC)c1. The summed E-state index contributed by atoms with van der Waals surface area (Å²) in [4.78, 5) is 14.6. The Kier molecular flexibility index (Phi) is 7.63. The number of methoxy groups -OCH3 is 2. The maximum atomic E-state index is 13.4. The van der Waals surface area contributed by atoms with E-state index < -0.39 is 11.6 Å². The third kappa shape index (κ3) is 6.42. The maximum Gasteiger partial charge on any atom is 0.224 e. The van der Waals surface area contributed by atoms with Gasteiger partial charge in [-0.15, -0.1) is 0 Å². The molecular formula is C23H28F2N2O3. The molecule has 5 nitrogen and oxygen atoms in total. The average Bonchev–Trinajstić information content (AvgIpc) is 2.71. The molecule has 0 aliphatic carbocycles. The fraction of sp³-hybridized carbons (Fsp3) is 0.435. The highest BCUT2D eigenvalue weighted by atomic mass is 19.1. The highest BCUT2D eigenvalue weighted by Gasteiger charge is 2.21. The molecule has 2 aromatic carbocycles. The van der Waals surface area contributed by atoms with E-state index in [1.807, 2.05) is 0 Å². The third-order valence-corrected chi connectivity index (χ3v) is 5.35.